The fourth-order valence-corrected chi connectivity index (χ4v) is 5.51. The number of aromatic nitrogens is 1. The van der Waals surface area contributed by atoms with Crippen LogP contribution in [-0.2, 0) is 11.3 Å². The minimum absolute atomic E-state index is 0.0754. The van der Waals surface area contributed by atoms with Gasteiger partial charge in [0.2, 0.25) is 5.91 Å². The Labute approximate surface area is 178 Å². The minimum atomic E-state index is -0.959. The molecule has 1 aromatic carbocycles. The van der Waals surface area contributed by atoms with E-state index in [0.717, 1.165) is 52.7 Å². The van der Waals surface area contributed by atoms with Gasteiger partial charge >= 0.3 is 5.97 Å². The molecule has 7 heteroatoms. The lowest BCUT2D eigenvalue weighted by atomic mass is 9.83. The van der Waals surface area contributed by atoms with Gasteiger partial charge in [-0.1, -0.05) is 19.3 Å². The van der Waals surface area contributed by atoms with E-state index in [1.54, 1.807) is 32.3 Å². The van der Waals surface area contributed by atoms with Crippen molar-refractivity contribution in [2.45, 2.75) is 44.6 Å². The van der Waals surface area contributed by atoms with Crippen molar-refractivity contribution in [3.63, 3.8) is 0 Å². The molecule has 158 valence electrons. The quantitative estimate of drug-likeness (QED) is 0.596. The molecular weight excluding hydrogens is 403 g/mol. The number of aromatic carboxylic acids is 1. The van der Waals surface area contributed by atoms with Crippen molar-refractivity contribution in [1.29, 1.82) is 0 Å². The van der Waals surface area contributed by atoms with Gasteiger partial charge in [-0.25, -0.2) is 9.18 Å². The van der Waals surface area contributed by atoms with Crippen LogP contribution in [0.15, 0.2) is 30.3 Å². The molecule has 0 atom stereocenters. The van der Waals surface area contributed by atoms with Gasteiger partial charge in [-0.15, -0.1) is 11.3 Å². The second-order valence-corrected chi connectivity index (χ2v) is 9.16. The number of halogens is 1. The third-order valence-corrected chi connectivity index (χ3v) is 7.05. The number of likely N-dealkylation sites (N-methyl/N-ethyl adjacent to an activating group) is 1. The van der Waals surface area contributed by atoms with E-state index in [-0.39, 0.29) is 23.1 Å². The summed E-state index contributed by atoms with van der Waals surface area (Å²) in [5, 5.41) is 9.57. The Morgan fingerprint density at radius 2 is 1.83 bits per heavy atom. The summed E-state index contributed by atoms with van der Waals surface area (Å²) in [6, 6.07) is 8.03. The zero-order valence-electron chi connectivity index (χ0n) is 17.2. The largest absolute Gasteiger partial charge is 0.477 e. The average Bonchev–Trinajstić information content (AvgIpc) is 3.27. The number of rotatable bonds is 5. The number of hydrogen-bond acceptors (Lipinski definition) is 3. The molecule has 1 fully saturated rings. The second-order valence-electron chi connectivity index (χ2n) is 8.11. The summed E-state index contributed by atoms with van der Waals surface area (Å²) in [5.41, 5.74) is 3.65. The number of carbonyl (C=O) groups excluding carboxylic acids is 1. The molecule has 1 aliphatic rings. The van der Waals surface area contributed by atoms with Crippen LogP contribution in [0.1, 0.15) is 53.3 Å². The molecule has 2 heterocycles. The van der Waals surface area contributed by atoms with Gasteiger partial charge in [0, 0.05) is 14.1 Å². The van der Waals surface area contributed by atoms with Crippen LogP contribution in [0.3, 0.4) is 0 Å². The molecule has 1 saturated carbocycles. The highest BCUT2D eigenvalue weighted by atomic mass is 32.1. The number of thiophene rings is 1. The Bertz CT molecular complexity index is 1090. The molecule has 1 aliphatic carbocycles. The summed E-state index contributed by atoms with van der Waals surface area (Å²) >= 11 is 1.27. The predicted octanol–water partition coefficient (Wildman–Crippen LogP) is 5.34. The van der Waals surface area contributed by atoms with Crippen LogP contribution in [0.2, 0.25) is 0 Å². The molecule has 0 aliphatic heterocycles. The van der Waals surface area contributed by atoms with Crippen LogP contribution in [-0.4, -0.2) is 40.5 Å². The third kappa shape index (κ3) is 3.74. The molecular formula is C23H25FN2O3S. The van der Waals surface area contributed by atoms with Crippen molar-refractivity contribution in [3.05, 3.63) is 46.6 Å². The lowest BCUT2D eigenvalue weighted by Gasteiger charge is -2.24. The molecule has 5 nitrogen and oxygen atoms in total. The van der Waals surface area contributed by atoms with E-state index < -0.39 is 5.97 Å². The fourth-order valence-electron chi connectivity index (χ4n) is 4.38. The molecule has 30 heavy (non-hydrogen) atoms. The van der Waals surface area contributed by atoms with Crippen LogP contribution >= 0.6 is 11.3 Å². The van der Waals surface area contributed by atoms with Crippen LogP contribution < -0.4 is 0 Å². The van der Waals surface area contributed by atoms with E-state index in [9.17, 15) is 19.1 Å². The fraction of sp³-hybridized carbons (Fsp3) is 0.391. The maximum Gasteiger partial charge on any atom is 0.345 e. The van der Waals surface area contributed by atoms with E-state index in [1.165, 1.54) is 34.8 Å². The van der Waals surface area contributed by atoms with E-state index in [4.69, 9.17) is 0 Å². The Kier molecular flexibility index (Phi) is 5.64. The number of nitrogens with zero attached hydrogens (tertiary/aromatic N) is 2. The highest BCUT2D eigenvalue weighted by molar-refractivity contribution is 7.21. The number of amides is 1. The first-order chi connectivity index (χ1) is 14.4. The molecule has 3 aromatic rings. The van der Waals surface area contributed by atoms with E-state index in [0.29, 0.717) is 5.92 Å². The Hall–Kier alpha value is -2.67. The lowest BCUT2D eigenvalue weighted by Crippen LogP contribution is -2.26. The lowest BCUT2D eigenvalue weighted by molar-refractivity contribution is -0.129. The summed E-state index contributed by atoms with van der Waals surface area (Å²) in [7, 11) is 3.41. The van der Waals surface area contributed by atoms with Gasteiger partial charge in [0.1, 0.15) is 17.2 Å². The molecule has 4 rings (SSSR count). The highest BCUT2D eigenvalue weighted by Crippen LogP contribution is 2.46. The number of carboxylic acids is 1. The number of carbonyl (C=O) groups is 2. The van der Waals surface area contributed by atoms with Crippen LogP contribution in [0.25, 0.3) is 21.5 Å². The standard InChI is InChI=1S/C23H25FN2O3S/c1-25(2)19(27)13-26-17-12-18(23(28)29)30-22(17)20(14-6-4-3-5-7-14)21(26)15-8-10-16(24)11-9-15/h8-12,14H,3-7,13H2,1-2H3,(H,28,29). The molecule has 0 bridgehead atoms. The van der Waals surface area contributed by atoms with Gasteiger partial charge in [0.15, 0.2) is 0 Å². The molecule has 2 aromatic heterocycles. The number of carboxylic acid groups (broad SMARTS) is 1. The van der Waals surface area contributed by atoms with Gasteiger partial charge < -0.3 is 14.6 Å². The zero-order valence-corrected chi connectivity index (χ0v) is 18.0. The first-order valence-corrected chi connectivity index (χ1v) is 11.0. The second kappa shape index (κ2) is 8.22. The molecule has 1 amide bonds. The number of benzene rings is 1. The maximum absolute atomic E-state index is 13.6. The van der Waals surface area contributed by atoms with Gasteiger partial charge in [-0.05, 0) is 60.2 Å². The van der Waals surface area contributed by atoms with Crippen molar-refractivity contribution in [3.8, 4) is 11.3 Å². The molecule has 0 spiro atoms. The summed E-state index contributed by atoms with van der Waals surface area (Å²) in [6.07, 6.45) is 5.54. The molecule has 0 unspecified atom stereocenters. The van der Waals surface area contributed by atoms with Crippen LogP contribution in [0, 0.1) is 5.82 Å². The van der Waals surface area contributed by atoms with Gasteiger partial charge in [-0.2, -0.15) is 0 Å². The summed E-state index contributed by atoms with van der Waals surface area (Å²) in [4.78, 5) is 26.1. The van der Waals surface area contributed by atoms with E-state index in [2.05, 4.69) is 0 Å². The number of hydrogen-bond donors (Lipinski definition) is 1. The van der Waals surface area contributed by atoms with Gasteiger partial charge in [0.25, 0.3) is 0 Å². The topological polar surface area (TPSA) is 62.5 Å². The minimum Gasteiger partial charge on any atom is -0.477 e. The zero-order chi connectivity index (χ0) is 21.4. The van der Waals surface area contributed by atoms with Crippen molar-refractivity contribution < 1.29 is 19.1 Å². The SMILES string of the molecule is CN(C)C(=O)Cn1c(-c2ccc(F)cc2)c(C2CCCCC2)c2sc(C(=O)O)cc21. The van der Waals surface area contributed by atoms with E-state index in [1.807, 2.05) is 4.57 Å². The summed E-state index contributed by atoms with van der Waals surface area (Å²) < 4.78 is 16.5. The normalized spacial score (nSPS) is 14.9. The summed E-state index contributed by atoms with van der Waals surface area (Å²) in [6.45, 7) is 0.110. The first-order valence-electron chi connectivity index (χ1n) is 10.2. The van der Waals surface area contributed by atoms with Crippen LogP contribution in [0.5, 0.6) is 0 Å². The van der Waals surface area contributed by atoms with Crippen LogP contribution in [0.4, 0.5) is 4.39 Å². The van der Waals surface area contributed by atoms with Crippen molar-refractivity contribution >= 4 is 33.4 Å². The maximum atomic E-state index is 13.6. The summed E-state index contributed by atoms with van der Waals surface area (Å²) in [5.74, 6) is -1.04. The van der Waals surface area contributed by atoms with E-state index >= 15 is 0 Å². The van der Waals surface area contributed by atoms with Crippen molar-refractivity contribution in [2.75, 3.05) is 14.1 Å². The third-order valence-electron chi connectivity index (χ3n) is 5.91. The van der Waals surface area contributed by atoms with Crippen molar-refractivity contribution in [2.24, 2.45) is 0 Å². The van der Waals surface area contributed by atoms with Gasteiger partial charge in [0.05, 0.1) is 15.9 Å². The van der Waals surface area contributed by atoms with Crippen molar-refractivity contribution in [1.82, 2.24) is 9.47 Å². The molecule has 0 radical (unpaired) electrons. The number of fused-ring (bicyclic) bond motifs is 1. The Morgan fingerprint density at radius 1 is 1.17 bits per heavy atom. The Balaban J connectivity index is 2.00. The van der Waals surface area contributed by atoms with Gasteiger partial charge in [-0.3, -0.25) is 4.79 Å². The molecule has 0 saturated heterocycles. The highest BCUT2D eigenvalue weighted by Gasteiger charge is 2.29. The first kappa shape index (κ1) is 20.6. The smallest absolute Gasteiger partial charge is 0.345 e. The predicted molar refractivity (Wildman–Crippen MR) is 117 cm³/mol. The average molecular weight is 429 g/mol. The monoisotopic (exact) mass is 428 g/mol. The molecule has 1 N–H and O–H groups in total. The Morgan fingerprint density at radius 3 is 2.43 bits per heavy atom.